The lowest BCUT2D eigenvalue weighted by Gasteiger charge is -2.45. The molecule has 6 nitrogen and oxygen atoms in total. The van der Waals surface area contributed by atoms with Gasteiger partial charge < -0.3 is 15.0 Å². The van der Waals surface area contributed by atoms with Crippen LogP contribution in [0.15, 0.2) is 12.4 Å². The van der Waals surface area contributed by atoms with Gasteiger partial charge in [-0.1, -0.05) is 0 Å². The summed E-state index contributed by atoms with van der Waals surface area (Å²) in [7, 11) is 1.66. The third kappa shape index (κ3) is 3.06. The fraction of sp³-hybridized carbons (Fsp3) is 0.688. The van der Waals surface area contributed by atoms with Crippen molar-refractivity contribution in [1.29, 1.82) is 0 Å². The Hall–Kier alpha value is -1.69. The van der Waals surface area contributed by atoms with Crippen LogP contribution in [0.1, 0.15) is 31.2 Å². The summed E-state index contributed by atoms with van der Waals surface area (Å²) in [6.07, 6.45) is 7.49. The highest BCUT2D eigenvalue weighted by Crippen LogP contribution is 2.41. The summed E-state index contributed by atoms with van der Waals surface area (Å²) in [6, 6.07) is 0. The van der Waals surface area contributed by atoms with Crippen LogP contribution in [0.4, 0.5) is 5.95 Å². The molecule has 3 rings (SSSR count). The highest BCUT2D eigenvalue weighted by molar-refractivity contribution is 5.80. The summed E-state index contributed by atoms with van der Waals surface area (Å²) in [5.41, 5.74) is 1.31. The van der Waals surface area contributed by atoms with Crippen LogP contribution in [0.2, 0.25) is 0 Å². The first-order valence-electron chi connectivity index (χ1n) is 7.99. The van der Waals surface area contributed by atoms with Gasteiger partial charge in [0.05, 0.1) is 6.61 Å². The third-order valence-electron chi connectivity index (χ3n) is 4.94. The molecule has 1 atom stereocenters. The number of nitrogens with zero attached hydrogens (tertiary/aromatic N) is 3. The summed E-state index contributed by atoms with van der Waals surface area (Å²) >= 11 is 0. The molecule has 2 aliphatic rings. The van der Waals surface area contributed by atoms with Crippen molar-refractivity contribution in [3.8, 4) is 0 Å². The molecule has 3 heterocycles. The fourth-order valence-electron chi connectivity index (χ4n) is 3.36. The van der Waals surface area contributed by atoms with E-state index in [1.165, 1.54) is 0 Å². The number of ether oxygens (including phenoxy) is 1. The van der Waals surface area contributed by atoms with Gasteiger partial charge in [-0.2, -0.15) is 0 Å². The van der Waals surface area contributed by atoms with Crippen LogP contribution < -0.4 is 10.2 Å². The number of piperidine rings is 1. The lowest BCUT2D eigenvalue weighted by Crippen LogP contribution is -2.48. The number of carbonyl (C=O) groups excluding carboxylic acids is 1. The number of likely N-dealkylation sites (N-methyl/N-ethyl adjacent to an activating group) is 1. The highest BCUT2D eigenvalue weighted by Gasteiger charge is 2.40. The number of aromatic nitrogens is 2. The number of anilines is 1. The van der Waals surface area contributed by atoms with Crippen LogP contribution in [0.5, 0.6) is 0 Å². The molecule has 2 saturated heterocycles. The summed E-state index contributed by atoms with van der Waals surface area (Å²) < 4.78 is 5.82. The molecule has 1 amide bonds. The maximum atomic E-state index is 11.6. The zero-order valence-corrected chi connectivity index (χ0v) is 13.3. The fourth-order valence-corrected chi connectivity index (χ4v) is 3.36. The molecule has 1 N–H and O–H groups in total. The first-order valence-corrected chi connectivity index (χ1v) is 7.99. The normalized spacial score (nSPS) is 24.3. The molecule has 1 aromatic heterocycles. The zero-order valence-electron chi connectivity index (χ0n) is 13.3. The molecule has 2 fully saturated rings. The van der Waals surface area contributed by atoms with E-state index in [0.29, 0.717) is 6.61 Å². The molecule has 0 saturated carbocycles. The molecular weight excluding hydrogens is 280 g/mol. The Morgan fingerprint density at radius 3 is 2.55 bits per heavy atom. The highest BCUT2D eigenvalue weighted by atomic mass is 16.5. The minimum Gasteiger partial charge on any atom is -0.368 e. The minimum atomic E-state index is -0.269. The standard InChI is InChI=1S/C16H24N4O2/c1-12-9-18-15(19-10-12)20-7-5-16(6-8-20)4-3-13(22-11-16)14(21)17-2/h9-10,13H,3-8,11H2,1-2H3,(H,17,21)/t13-/m0/s1. The van der Waals surface area contributed by atoms with Crippen molar-refractivity contribution in [3.63, 3.8) is 0 Å². The van der Waals surface area contributed by atoms with Crippen molar-refractivity contribution in [2.75, 3.05) is 31.6 Å². The van der Waals surface area contributed by atoms with E-state index in [0.717, 1.165) is 50.3 Å². The van der Waals surface area contributed by atoms with Gasteiger partial charge in [0.2, 0.25) is 11.9 Å². The molecule has 120 valence electrons. The van der Waals surface area contributed by atoms with Gasteiger partial charge in [-0.05, 0) is 43.6 Å². The lowest BCUT2D eigenvalue weighted by atomic mass is 9.73. The quantitative estimate of drug-likeness (QED) is 0.892. The van der Waals surface area contributed by atoms with Crippen LogP contribution in [0.25, 0.3) is 0 Å². The summed E-state index contributed by atoms with van der Waals surface area (Å²) in [4.78, 5) is 22.7. The van der Waals surface area contributed by atoms with Crippen molar-refractivity contribution in [2.45, 2.75) is 38.7 Å². The number of carbonyl (C=O) groups is 1. The maximum Gasteiger partial charge on any atom is 0.248 e. The van der Waals surface area contributed by atoms with E-state index in [2.05, 4.69) is 20.2 Å². The SMILES string of the molecule is CNC(=O)[C@@H]1CCC2(CCN(c3ncc(C)cn3)CC2)CO1. The van der Waals surface area contributed by atoms with E-state index < -0.39 is 0 Å². The number of nitrogens with one attached hydrogen (secondary N) is 1. The first-order chi connectivity index (χ1) is 10.6. The largest absolute Gasteiger partial charge is 0.368 e. The smallest absolute Gasteiger partial charge is 0.248 e. The van der Waals surface area contributed by atoms with E-state index in [1.807, 2.05) is 19.3 Å². The van der Waals surface area contributed by atoms with Crippen molar-refractivity contribution in [1.82, 2.24) is 15.3 Å². The lowest BCUT2D eigenvalue weighted by molar-refractivity contribution is -0.142. The molecule has 0 unspecified atom stereocenters. The van der Waals surface area contributed by atoms with Gasteiger partial charge in [0.15, 0.2) is 0 Å². The third-order valence-corrected chi connectivity index (χ3v) is 4.94. The summed E-state index contributed by atoms with van der Waals surface area (Å²) in [5, 5.41) is 2.67. The molecule has 1 spiro atoms. The Bertz CT molecular complexity index is 513. The second kappa shape index (κ2) is 6.20. The van der Waals surface area contributed by atoms with Crippen LogP contribution in [-0.2, 0) is 9.53 Å². The van der Waals surface area contributed by atoms with Gasteiger partial charge >= 0.3 is 0 Å². The first kappa shape index (κ1) is 15.2. The van der Waals surface area contributed by atoms with Crippen LogP contribution >= 0.6 is 0 Å². The number of rotatable bonds is 2. The van der Waals surface area contributed by atoms with Gasteiger partial charge in [-0.3, -0.25) is 4.79 Å². The Labute approximate surface area is 131 Å². The van der Waals surface area contributed by atoms with Crippen LogP contribution in [0.3, 0.4) is 0 Å². The molecule has 22 heavy (non-hydrogen) atoms. The molecule has 6 heteroatoms. The van der Waals surface area contributed by atoms with Gasteiger partial charge in [0.1, 0.15) is 6.10 Å². The van der Waals surface area contributed by atoms with E-state index >= 15 is 0 Å². The zero-order chi connectivity index (χ0) is 15.6. The van der Waals surface area contributed by atoms with Crippen molar-refractivity contribution < 1.29 is 9.53 Å². The Balaban J connectivity index is 1.56. The van der Waals surface area contributed by atoms with E-state index in [4.69, 9.17) is 4.74 Å². The van der Waals surface area contributed by atoms with Crippen LogP contribution in [-0.4, -0.2) is 48.7 Å². The van der Waals surface area contributed by atoms with Gasteiger partial charge in [0, 0.05) is 32.5 Å². The molecule has 0 bridgehead atoms. The molecule has 0 aliphatic carbocycles. The Kier molecular flexibility index (Phi) is 4.29. The topological polar surface area (TPSA) is 67.4 Å². The number of hydrogen-bond acceptors (Lipinski definition) is 5. The summed E-state index contributed by atoms with van der Waals surface area (Å²) in [5.74, 6) is 0.820. The summed E-state index contributed by atoms with van der Waals surface area (Å²) in [6.45, 7) is 4.60. The van der Waals surface area contributed by atoms with E-state index in [9.17, 15) is 4.79 Å². The van der Waals surface area contributed by atoms with E-state index in [1.54, 1.807) is 7.05 Å². The van der Waals surface area contributed by atoms with Gasteiger partial charge in [-0.15, -0.1) is 0 Å². The van der Waals surface area contributed by atoms with Crippen molar-refractivity contribution >= 4 is 11.9 Å². The molecule has 2 aliphatic heterocycles. The second-order valence-corrected chi connectivity index (χ2v) is 6.50. The van der Waals surface area contributed by atoms with Crippen molar-refractivity contribution in [2.24, 2.45) is 5.41 Å². The molecule has 1 aromatic rings. The monoisotopic (exact) mass is 304 g/mol. The Morgan fingerprint density at radius 2 is 2.00 bits per heavy atom. The van der Waals surface area contributed by atoms with Crippen LogP contribution in [0, 0.1) is 12.3 Å². The van der Waals surface area contributed by atoms with Crippen molar-refractivity contribution in [3.05, 3.63) is 18.0 Å². The molecule has 0 aromatic carbocycles. The predicted molar refractivity (Wildman–Crippen MR) is 83.7 cm³/mol. The predicted octanol–water partition coefficient (Wildman–Crippen LogP) is 1.30. The number of amides is 1. The molecular formula is C16H24N4O2. The minimum absolute atomic E-state index is 0.000316. The maximum absolute atomic E-state index is 11.6. The average Bonchev–Trinajstić information content (AvgIpc) is 2.56. The average molecular weight is 304 g/mol. The Morgan fingerprint density at radius 1 is 1.32 bits per heavy atom. The molecule has 0 radical (unpaired) electrons. The van der Waals surface area contributed by atoms with E-state index in [-0.39, 0.29) is 17.4 Å². The van der Waals surface area contributed by atoms with Gasteiger partial charge in [-0.25, -0.2) is 9.97 Å². The second-order valence-electron chi connectivity index (χ2n) is 6.50. The van der Waals surface area contributed by atoms with Gasteiger partial charge in [0.25, 0.3) is 0 Å². The number of hydrogen-bond donors (Lipinski definition) is 1. The number of aryl methyl sites for hydroxylation is 1.